The van der Waals surface area contributed by atoms with Crippen LogP contribution in [-0.2, 0) is 11.3 Å². The molecule has 2 unspecified atom stereocenters. The van der Waals surface area contributed by atoms with Crippen molar-refractivity contribution in [3.05, 3.63) is 30.1 Å². The van der Waals surface area contributed by atoms with Gasteiger partial charge in [-0.3, -0.25) is 0 Å². The number of hydrogen-bond donors (Lipinski definition) is 2. The van der Waals surface area contributed by atoms with E-state index < -0.39 is 0 Å². The van der Waals surface area contributed by atoms with E-state index in [9.17, 15) is 0 Å². The Morgan fingerprint density at radius 2 is 2.25 bits per heavy atom. The molecular weight excluding hydrogens is 250 g/mol. The normalized spacial score (nSPS) is 23.6. The second-order valence-electron chi connectivity index (χ2n) is 5.96. The lowest BCUT2D eigenvalue weighted by Gasteiger charge is -2.32. The van der Waals surface area contributed by atoms with E-state index in [0.717, 1.165) is 42.9 Å². The van der Waals surface area contributed by atoms with Crippen LogP contribution in [0.3, 0.4) is 0 Å². The van der Waals surface area contributed by atoms with Gasteiger partial charge in [0.2, 0.25) is 0 Å². The second kappa shape index (κ2) is 5.94. The highest BCUT2D eigenvalue weighted by Gasteiger charge is 2.24. The van der Waals surface area contributed by atoms with Crippen LogP contribution in [0.25, 0.3) is 11.0 Å². The summed E-state index contributed by atoms with van der Waals surface area (Å²) in [6.07, 6.45) is 2.57. The van der Waals surface area contributed by atoms with Crippen LogP contribution in [0.15, 0.2) is 24.3 Å². The number of benzene rings is 1. The highest BCUT2D eigenvalue weighted by molar-refractivity contribution is 5.74. The number of aromatic amines is 1. The third-order valence-corrected chi connectivity index (χ3v) is 4.06. The van der Waals surface area contributed by atoms with E-state index in [-0.39, 0.29) is 0 Å². The Kier molecular flexibility index (Phi) is 4.03. The molecule has 1 aliphatic rings. The first-order chi connectivity index (χ1) is 9.72. The van der Waals surface area contributed by atoms with Gasteiger partial charge in [-0.2, -0.15) is 0 Å². The number of nitrogens with one attached hydrogen (secondary N) is 2. The van der Waals surface area contributed by atoms with Crippen molar-refractivity contribution in [1.82, 2.24) is 15.3 Å². The fourth-order valence-electron chi connectivity index (χ4n) is 2.81. The highest BCUT2D eigenvalue weighted by atomic mass is 16.5. The summed E-state index contributed by atoms with van der Waals surface area (Å²) in [6.45, 7) is 6.11. The van der Waals surface area contributed by atoms with Crippen LogP contribution in [0.2, 0.25) is 0 Å². The number of rotatable bonds is 4. The van der Waals surface area contributed by atoms with Crippen molar-refractivity contribution in [2.45, 2.75) is 45.4 Å². The summed E-state index contributed by atoms with van der Waals surface area (Å²) in [7, 11) is 0. The molecule has 0 bridgehead atoms. The Hall–Kier alpha value is -1.39. The highest BCUT2D eigenvalue weighted by Crippen LogP contribution is 2.20. The monoisotopic (exact) mass is 273 g/mol. The van der Waals surface area contributed by atoms with Gasteiger partial charge in [-0.15, -0.1) is 0 Å². The van der Waals surface area contributed by atoms with E-state index in [2.05, 4.69) is 35.2 Å². The number of para-hydroxylation sites is 2. The molecule has 4 heteroatoms. The van der Waals surface area contributed by atoms with Crippen LogP contribution >= 0.6 is 0 Å². The summed E-state index contributed by atoms with van der Waals surface area (Å²) >= 11 is 0. The van der Waals surface area contributed by atoms with Gasteiger partial charge in [-0.05, 0) is 30.9 Å². The Labute approximate surface area is 119 Å². The van der Waals surface area contributed by atoms with E-state index >= 15 is 0 Å². The largest absolute Gasteiger partial charge is 0.378 e. The van der Waals surface area contributed by atoms with E-state index in [4.69, 9.17) is 4.74 Å². The predicted molar refractivity (Wildman–Crippen MR) is 80.5 cm³/mol. The van der Waals surface area contributed by atoms with E-state index in [1.165, 1.54) is 0 Å². The quantitative estimate of drug-likeness (QED) is 0.900. The van der Waals surface area contributed by atoms with Gasteiger partial charge < -0.3 is 15.0 Å². The fraction of sp³-hybridized carbons (Fsp3) is 0.562. The molecule has 2 atom stereocenters. The van der Waals surface area contributed by atoms with Crippen molar-refractivity contribution < 1.29 is 4.74 Å². The van der Waals surface area contributed by atoms with Crippen LogP contribution in [0, 0.1) is 5.92 Å². The van der Waals surface area contributed by atoms with Gasteiger partial charge in [0.1, 0.15) is 5.82 Å². The molecular formula is C16H23N3O. The number of ether oxygens (including phenoxy) is 1. The zero-order valence-corrected chi connectivity index (χ0v) is 12.2. The molecule has 2 N–H and O–H groups in total. The molecule has 1 aromatic heterocycles. The standard InChI is InChI=1S/C16H23N3O/c1-11(2)15-9-12(7-8-20-15)17-10-16-18-13-5-3-4-6-14(13)19-16/h3-6,11-12,15,17H,7-10H2,1-2H3,(H,18,19). The van der Waals surface area contributed by atoms with Crippen molar-refractivity contribution >= 4 is 11.0 Å². The molecule has 20 heavy (non-hydrogen) atoms. The van der Waals surface area contributed by atoms with E-state index in [1.807, 2.05) is 18.2 Å². The number of hydrogen-bond acceptors (Lipinski definition) is 3. The van der Waals surface area contributed by atoms with Gasteiger partial charge in [-0.1, -0.05) is 26.0 Å². The van der Waals surface area contributed by atoms with Gasteiger partial charge in [0.05, 0.1) is 23.7 Å². The zero-order chi connectivity index (χ0) is 13.9. The van der Waals surface area contributed by atoms with Crippen molar-refractivity contribution in [2.24, 2.45) is 5.92 Å². The Morgan fingerprint density at radius 1 is 1.40 bits per heavy atom. The molecule has 0 aliphatic carbocycles. The molecule has 0 amide bonds. The van der Waals surface area contributed by atoms with Gasteiger partial charge >= 0.3 is 0 Å². The van der Waals surface area contributed by atoms with Crippen LogP contribution in [-0.4, -0.2) is 28.7 Å². The zero-order valence-electron chi connectivity index (χ0n) is 12.2. The van der Waals surface area contributed by atoms with Gasteiger partial charge in [0.15, 0.2) is 0 Å². The Bertz CT molecular complexity index is 531. The smallest absolute Gasteiger partial charge is 0.121 e. The molecule has 1 aliphatic heterocycles. The Balaban J connectivity index is 1.58. The molecule has 2 aromatic rings. The average molecular weight is 273 g/mol. The number of H-pyrrole nitrogens is 1. The molecule has 108 valence electrons. The molecule has 3 rings (SSSR count). The average Bonchev–Trinajstić information content (AvgIpc) is 2.88. The van der Waals surface area contributed by atoms with Gasteiger partial charge in [0, 0.05) is 12.6 Å². The molecule has 0 saturated carbocycles. The number of aromatic nitrogens is 2. The summed E-state index contributed by atoms with van der Waals surface area (Å²) in [5, 5.41) is 3.61. The van der Waals surface area contributed by atoms with Crippen molar-refractivity contribution in [1.29, 1.82) is 0 Å². The van der Waals surface area contributed by atoms with E-state index in [0.29, 0.717) is 18.1 Å². The minimum Gasteiger partial charge on any atom is -0.378 e. The molecule has 1 aromatic carbocycles. The van der Waals surface area contributed by atoms with Gasteiger partial charge in [0.25, 0.3) is 0 Å². The minimum atomic E-state index is 0.386. The maximum atomic E-state index is 5.81. The first kappa shape index (κ1) is 13.6. The van der Waals surface area contributed by atoms with Crippen LogP contribution in [0.5, 0.6) is 0 Å². The van der Waals surface area contributed by atoms with Crippen LogP contribution in [0.4, 0.5) is 0 Å². The van der Waals surface area contributed by atoms with E-state index in [1.54, 1.807) is 0 Å². The maximum absolute atomic E-state index is 5.81. The summed E-state index contributed by atoms with van der Waals surface area (Å²) in [5.74, 6) is 1.60. The second-order valence-corrected chi connectivity index (χ2v) is 5.96. The van der Waals surface area contributed by atoms with Crippen molar-refractivity contribution in [2.75, 3.05) is 6.61 Å². The number of imidazole rings is 1. The molecule has 1 fully saturated rings. The molecule has 0 radical (unpaired) electrons. The summed E-state index contributed by atoms with van der Waals surface area (Å²) in [4.78, 5) is 7.97. The van der Waals surface area contributed by atoms with Gasteiger partial charge in [-0.25, -0.2) is 4.98 Å². The molecule has 2 heterocycles. The lowest BCUT2D eigenvalue weighted by Crippen LogP contribution is -2.40. The first-order valence-electron chi connectivity index (χ1n) is 7.51. The predicted octanol–water partition coefficient (Wildman–Crippen LogP) is 2.86. The summed E-state index contributed by atoms with van der Waals surface area (Å²) in [6, 6.07) is 8.69. The van der Waals surface area contributed by atoms with Crippen LogP contribution < -0.4 is 5.32 Å². The Morgan fingerprint density at radius 3 is 3.05 bits per heavy atom. The molecule has 4 nitrogen and oxygen atoms in total. The van der Waals surface area contributed by atoms with Crippen molar-refractivity contribution in [3.63, 3.8) is 0 Å². The topological polar surface area (TPSA) is 49.9 Å². The fourth-order valence-corrected chi connectivity index (χ4v) is 2.81. The minimum absolute atomic E-state index is 0.386. The summed E-state index contributed by atoms with van der Waals surface area (Å²) in [5.41, 5.74) is 2.15. The molecule has 0 spiro atoms. The van der Waals surface area contributed by atoms with Crippen LogP contribution in [0.1, 0.15) is 32.5 Å². The number of nitrogens with zero attached hydrogens (tertiary/aromatic N) is 1. The SMILES string of the molecule is CC(C)C1CC(NCc2nc3ccccc3[nH]2)CCO1. The third kappa shape index (κ3) is 3.02. The summed E-state index contributed by atoms with van der Waals surface area (Å²) < 4.78 is 5.81. The number of fused-ring (bicyclic) bond motifs is 1. The first-order valence-corrected chi connectivity index (χ1v) is 7.51. The lowest BCUT2D eigenvalue weighted by atomic mass is 9.95. The maximum Gasteiger partial charge on any atom is 0.121 e. The lowest BCUT2D eigenvalue weighted by molar-refractivity contribution is -0.0246. The van der Waals surface area contributed by atoms with Crippen molar-refractivity contribution in [3.8, 4) is 0 Å². The molecule has 1 saturated heterocycles. The third-order valence-electron chi connectivity index (χ3n) is 4.06.